The summed E-state index contributed by atoms with van der Waals surface area (Å²) in [5, 5.41) is 0. The predicted octanol–water partition coefficient (Wildman–Crippen LogP) is 2.91. The first-order chi connectivity index (χ1) is 7.72. The Labute approximate surface area is 103 Å². The van der Waals surface area contributed by atoms with Crippen molar-refractivity contribution in [2.24, 2.45) is 11.7 Å². The third kappa shape index (κ3) is 5.54. The van der Waals surface area contributed by atoms with Crippen LogP contribution in [0.5, 0.6) is 0 Å². The first-order valence-corrected chi connectivity index (χ1v) is 6.70. The lowest BCUT2D eigenvalue weighted by molar-refractivity contribution is 0.124. The molecule has 90 valence electrons. The predicted molar refractivity (Wildman–Crippen MR) is 70.7 cm³/mol. The fourth-order valence-electron chi connectivity index (χ4n) is 1.26. The number of nitrogens with two attached hydrogens (primary N) is 1. The van der Waals surface area contributed by atoms with E-state index in [0.717, 1.165) is 19.0 Å². The number of benzene rings is 1. The molecule has 0 aromatic heterocycles. The minimum absolute atomic E-state index is 0.614. The molecule has 1 aromatic rings. The summed E-state index contributed by atoms with van der Waals surface area (Å²) in [6.45, 7) is 6.62. The number of thioether (sulfide) groups is 1. The number of rotatable bonds is 7. The van der Waals surface area contributed by atoms with Gasteiger partial charge in [-0.1, -0.05) is 26.0 Å². The highest BCUT2D eigenvalue weighted by Crippen LogP contribution is 2.18. The van der Waals surface area contributed by atoms with Crippen molar-refractivity contribution in [2.45, 2.75) is 25.3 Å². The van der Waals surface area contributed by atoms with Gasteiger partial charge in [-0.15, -0.1) is 11.8 Å². The molecule has 0 fully saturated rings. The SMILES string of the molecule is CC(C)COCCSc1ccc(CN)cc1. The number of hydrogen-bond donors (Lipinski definition) is 1. The van der Waals surface area contributed by atoms with Crippen LogP contribution < -0.4 is 5.73 Å². The Balaban J connectivity index is 2.16. The molecule has 2 nitrogen and oxygen atoms in total. The third-order valence-electron chi connectivity index (χ3n) is 2.11. The summed E-state index contributed by atoms with van der Waals surface area (Å²) >= 11 is 1.83. The highest BCUT2D eigenvalue weighted by atomic mass is 32.2. The molecule has 3 heteroatoms. The smallest absolute Gasteiger partial charge is 0.0560 e. The van der Waals surface area contributed by atoms with Crippen molar-refractivity contribution in [3.05, 3.63) is 29.8 Å². The maximum Gasteiger partial charge on any atom is 0.0560 e. The maximum atomic E-state index is 5.54. The van der Waals surface area contributed by atoms with Crippen LogP contribution in [0.15, 0.2) is 29.2 Å². The van der Waals surface area contributed by atoms with Gasteiger partial charge in [0, 0.05) is 23.8 Å². The van der Waals surface area contributed by atoms with Gasteiger partial charge in [0.05, 0.1) is 6.61 Å². The second-order valence-electron chi connectivity index (χ2n) is 4.17. The molecule has 2 N–H and O–H groups in total. The van der Waals surface area contributed by atoms with Crippen LogP contribution in [0.2, 0.25) is 0 Å². The molecule has 0 amide bonds. The monoisotopic (exact) mass is 239 g/mol. The van der Waals surface area contributed by atoms with E-state index in [0.29, 0.717) is 12.5 Å². The van der Waals surface area contributed by atoms with Crippen molar-refractivity contribution in [3.8, 4) is 0 Å². The largest absolute Gasteiger partial charge is 0.380 e. The van der Waals surface area contributed by atoms with Crippen LogP contribution in [0, 0.1) is 5.92 Å². The molecule has 1 aromatic carbocycles. The molecule has 0 radical (unpaired) electrons. The van der Waals surface area contributed by atoms with Gasteiger partial charge in [-0.25, -0.2) is 0 Å². The van der Waals surface area contributed by atoms with Crippen LogP contribution >= 0.6 is 11.8 Å². The Hall–Kier alpha value is -0.510. The molecule has 0 atom stereocenters. The zero-order valence-electron chi connectivity index (χ0n) is 10.1. The molecule has 1 rings (SSSR count). The summed E-state index contributed by atoms with van der Waals surface area (Å²) in [7, 11) is 0. The van der Waals surface area contributed by atoms with Crippen LogP contribution in [0.4, 0.5) is 0 Å². The van der Waals surface area contributed by atoms with Crippen molar-refractivity contribution >= 4 is 11.8 Å². The Morgan fingerprint density at radius 3 is 2.50 bits per heavy atom. The van der Waals surface area contributed by atoms with Gasteiger partial charge >= 0.3 is 0 Å². The average Bonchev–Trinajstić information content (AvgIpc) is 2.29. The van der Waals surface area contributed by atoms with Crippen molar-refractivity contribution in [1.29, 1.82) is 0 Å². The summed E-state index contributed by atoms with van der Waals surface area (Å²) < 4.78 is 5.52. The Bertz CT molecular complexity index is 284. The summed E-state index contributed by atoms with van der Waals surface area (Å²) in [5.41, 5.74) is 6.72. The Kier molecular flexibility index (Phi) is 6.53. The van der Waals surface area contributed by atoms with Crippen molar-refractivity contribution in [2.75, 3.05) is 19.0 Å². The second kappa shape index (κ2) is 7.71. The van der Waals surface area contributed by atoms with Crippen molar-refractivity contribution in [3.63, 3.8) is 0 Å². The van der Waals surface area contributed by atoms with E-state index in [-0.39, 0.29) is 0 Å². The maximum absolute atomic E-state index is 5.54. The van der Waals surface area contributed by atoms with Gasteiger partial charge in [-0.3, -0.25) is 0 Å². The summed E-state index contributed by atoms with van der Waals surface area (Å²) in [6, 6.07) is 8.40. The average molecular weight is 239 g/mol. The lowest BCUT2D eigenvalue weighted by atomic mass is 10.2. The molecule has 0 unspecified atom stereocenters. The van der Waals surface area contributed by atoms with Gasteiger partial charge in [-0.2, -0.15) is 0 Å². The molecular formula is C13H21NOS. The van der Waals surface area contributed by atoms with E-state index < -0.39 is 0 Å². The van der Waals surface area contributed by atoms with E-state index in [1.54, 1.807) is 0 Å². The van der Waals surface area contributed by atoms with Crippen molar-refractivity contribution in [1.82, 2.24) is 0 Å². The van der Waals surface area contributed by atoms with E-state index >= 15 is 0 Å². The van der Waals surface area contributed by atoms with E-state index in [2.05, 4.69) is 38.1 Å². The van der Waals surface area contributed by atoms with Crippen LogP contribution in [0.25, 0.3) is 0 Å². The van der Waals surface area contributed by atoms with Crippen molar-refractivity contribution < 1.29 is 4.74 Å². The third-order valence-corrected chi connectivity index (χ3v) is 3.08. The molecular weight excluding hydrogens is 218 g/mol. The Morgan fingerprint density at radius 1 is 1.25 bits per heavy atom. The van der Waals surface area contributed by atoms with Crippen LogP contribution in [-0.2, 0) is 11.3 Å². The first-order valence-electron chi connectivity index (χ1n) is 5.72. The number of hydrogen-bond acceptors (Lipinski definition) is 3. The topological polar surface area (TPSA) is 35.2 Å². The zero-order chi connectivity index (χ0) is 11.8. The number of ether oxygens (including phenoxy) is 1. The Morgan fingerprint density at radius 2 is 1.94 bits per heavy atom. The molecule has 0 aliphatic carbocycles. The molecule has 0 aliphatic heterocycles. The summed E-state index contributed by atoms with van der Waals surface area (Å²) in [6.07, 6.45) is 0. The molecule has 0 bridgehead atoms. The molecule has 0 heterocycles. The van der Waals surface area contributed by atoms with Gasteiger partial charge < -0.3 is 10.5 Å². The fraction of sp³-hybridized carbons (Fsp3) is 0.538. The minimum atomic E-state index is 0.614. The van der Waals surface area contributed by atoms with E-state index in [1.807, 2.05) is 11.8 Å². The normalized spacial score (nSPS) is 11.0. The lowest BCUT2D eigenvalue weighted by Crippen LogP contribution is -2.04. The fourth-order valence-corrected chi connectivity index (χ4v) is 2.02. The molecule has 0 saturated heterocycles. The molecule has 16 heavy (non-hydrogen) atoms. The van der Waals surface area contributed by atoms with Gasteiger partial charge in [0.25, 0.3) is 0 Å². The molecule has 0 spiro atoms. The lowest BCUT2D eigenvalue weighted by Gasteiger charge is -2.06. The van der Waals surface area contributed by atoms with Gasteiger partial charge in [0.1, 0.15) is 0 Å². The van der Waals surface area contributed by atoms with E-state index in [1.165, 1.54) is 10.5 Å². The van der Waals surface area contributed by atoms with Crippen LogP contribution in [0.1, 0.15) is 19.4 Å². The quantitative estimate of drug-likeness (QED) is 0.587. The minimum Gasteiger partial charge on any atom is -0.380 e. The van der Waals surface area contributed by atoms with Crippen LogP contribution in [-0.4, -0.2) is 19.0 Å². The van der Waals surface area contributed by atoms with Gasteiger partial charge in [0.2, 0.25) is 0 Å². The standard InChI is InChI=1S/C13H21NOS/c1-11(2)10-15-7-8-16-13-5-3-12(9-14)4-6-13/h3-6,11H,7-10,14H2,1-2H3. The molecule has 0 aliphatic rings. The van der Waals surface area contributed by atoms with E-state index in [9.17, 15) is 0 Å². The first kappa shape index (κ1) is 13.6. The highest BCUT2D eigenvalue weighted by molar-refractivity contribution is 7.99. The van der Waals surface area contributed by atoms with Gasteiger partial charge in [0.15, 0.2) is 0 Å². The highest BCUT2D eigenvalue weighted by Gasteiger charge is 1.96. The zero-order valence-corrected chi connectivity index (χ0v) is 10.9. The summed E-state index contributed by atoms with van der Waals surface area (Å²) in [5.74, 6) is 1.63. The summed E-state index contributed by atoms with van der Waals surface area (Å²) in [4.78, 5) is 1.28. The van der Waals surface area contributed by atoms with Gasteiger partial charge in [-0.05, 0) is 23.6 Å². The molecule has 0 saturated carbocycles. The second-order valence-corrected chi connectivity index (χ2v) is 5.33. The van der Waals surface area contributed by atoms with E-state index in [4.69, 9.17) is 10.5 Å². The van der Waals surface area contributed by atoms with Crippen LogP contribution in [0.3, 0.4) is 0 Å².